The van der Waals surface area contributed by atoms with Crippen LogP contribution in [0.3, 0.4) is 0 Å². The number of anilines is 1. The van der Waals surface area contributed by atoms with Crippen molar-refractivity contribution in [2.24, 2.45) is 10.7 Å². The summed E-state index contributed by atoms with van der Waals surface area (Å²) in [6.07, 6.45) is 2.47. The molecule has 2 N–H and O–H groups in total. The fourth-order valence-corrected chi connectivity index (χ4v) is 2.57. The van der Waals surface area contributed by atoms with E-state index in [2.05, 4.69) is 39.1 Å². The number of nitrogens with zero attached hydrogens (tertiary/aromatic N) is 3. The van der Waals surface area contributed by atoms with Gasteiger partial charge in [-0.1, -0.05) is 12.1 Å². The minimum atomic E-state index is 0. The Labute approximate surface area is 149 Å². The molecule has 1 aromatic rings. The van der Waals surface area contributed by atoms with E-state index in [9.17, 15) is 0 Å². The first-order valence-corrected chi connectivity index (χ1v) is 7.68. The molecule has 5 nitrogen and oxygen atoms in total. The van der Waals surface area contributed by atoms with Gasteiger partial charge in [0.1, 0.15) is 0 Å². The zero-order valence-electron chi connectivity index (χ0n) is 13.1. The summed E-state index contributed by atoms with van der Waals surface area (Å²) in [5.41, 5.74) is 8.46. The lowest BCUT2D eigenvalue weighted by molar-refractivity contribution is 0.122. The summed E-state index contributed by atoms with van der Waals surface area (Å²) in [7, 11) is 2.03. The summed E-state index contributed by atoms with van der Waals surface area (Å²) in [5, 5.41) is 0. The molecule has 1 aliphatic carbocycles. The summed E-state index contributed by atoms with van der Waals surface area (Å²) in [6.45, 7) is 4.21. The molecule has 0 atom stereocenters. The van der Waals surface area contributed by atoms with Crippen LogP contribution < -0.4 is 10.6 Å². The Kier molecular flexibility index (Phi) is 6.31. The van der Waals surface area contributed by atoms with Gasteiger partial charge in [0.25, 0.3) is 0 Å². The number of morpholine rings is 1. The Morgan fingerprint density at radius 2 is 1.91 bits per heavy atom. The number of aliphatic imine (C=N–C) groups is 1. The molecule has 0 radical (unpaired) electrons. The second-order valence-corrected chi connectivity index (χ2v) is 5.78. The van der Waals surface area contributed by atoms with E-state index in [1.807, 2.05) is 7.05 Å². The standard InChI is InChI=1S/C16H24N4O.HI/c1-19(14-6-7-14)16(17)18-12-13-2-4-15(5-3-13)20-8-10-21-11-9-20;/h2-5,14H,6-12H2,1H3,(H2,17,18);1H. The van der Waals surface area contributed by atoms with E-state index in [1.54, 1.807) is 0 Å². The maximum atomic E-state index is 6.01. The van der Waals surface area contributed by atoms with Crippen LogP contribution in [0, 0.1) is 0 Å². The number of halogens is 1. The number of guanidine groups is 1. The smallest absolute Gasteiger partial charge is 0.191 e. The van der Waals surface area contributed by atoms with Crippen LogP contribution in [0.1, 0.15) is 18.4 Å². The van der Waals surface area contributed by atoms with Gasteiger partial charge in [0, 0.05) is 31.9 Å². The molecule has 1 saturated carbocycles. The number of rotatable bonds is 4. The van der Waals surface area contributed by atoms with Crippen molar-refractivity contribution in [3.63, 3.8) is 0 Å². The molecule has 1 aliphatic heterocycles. The summed E-state index contributed by atoms with van der Waals surface area (Å²) in [6, 6.07) is 9.21. The van der Waals surface area contributed by atoms with Crippen LogP contribution in [0.2, 0.25) is 0 Å². The molecular formula is C16H25IN4O. The Hall–Kier alpha value is -1.02. The third-order valence-electron chi connectivity index (χ3n) is 4.19. The Morgan fingerprint density at radius 3 is 2.50 bits per heavy atom. The lowest BCUT2D eigenvalue weighted by Crippen LogP contribution is -2.36. The highest BCUT2D eigenvalue weighted by molar-refractivity contribution is 14.0. The maximum Gasteiger partial charge on any atom is 0.191 e. The van der Waals surface area contributed by atoms with Gasteiger partial charge in [-0.25, -0.2) is 4.99 Å². The van der Waals surface area contributed by atoms with Gasteiger partial charge < -0.3 is 20.3 Å². The van der Waals surface area contributed by atoms with Crippen molar-refractivity contribution in [2.45, 2.75) is 25.4 Å². The van der Waals surface area contributed by atoms with Crippen LogP contribution in [0.15, 0.2) is 29.3 Å². The molecule has 0 spiro atoms. The van der Waals surface area contributed by atoms with Crippen LogP contribution in [0.25, 0.3) is 0 Å². The normalized spacial score (nSPS) is 18.8. The molecule has 2 aliphatic rings. The molecule has 0 aromatic heterocycles. The number of ether oxygens (including phenoxy) is 1. The minimum Gasteiger partial charge on any atom is -0.378 e. The van der Waals surface area contributed by atoms with Crippen molar-refractivity contribution in [3.05, 3.63) is 29.8 Å². The van der Waals surface area contributed by atoms with Crippen molar-refractivity contribution in [1.29, 1.82) is 0 Å². The number of benzene rings is 1. The molecule has 2 fully saturated rings. The van der Waals surface area contributed by atoms with Crippen molar-refractivity contribution < 1.29 is 4.74 Å². The lowest BCUT2D eigenvalue weighted by atomic mass is 10.2. The second-order valence-electron chi connectivity index (χ2n) is 5.78. The van der Waals surface area contributed by atoms with E-state index in [0.717, 1.165) is 26.3 Å². The van der Waals surface area contributed by atoms with Gasteiger partial charge in [-0.05, 0) is 30.5 Å². The van der Waals surface area contributed by atoms with Crippen LogP contribution in [0.4, 0.5) is 5.69 Å². The third kappa shape index (κ3) is 4.49. The average Bonchev–Trinajstić information content (AvgIpc) is 3.38. The summed E-state index contributed by atoms with van der Waals surface area (Å²) in [4.78, 5) is 8.92. The van der Waals surface area contributed by atoms with Gasteiger partial charge in [-0.3, -0.25) is 0 Å². The molecule has 1 saturated heterocycles. The Morgan fingerprint density at radius 1 is 1.27 bits per heavy atom. The molecule has 22 heavy (non-hydrogen) atoms. The monoisotopic (exact) mass is 416 g/mol. The Bertz CT molecular complexity index is 495. The SMILES string of the molecule is CN(C(N)=NCc1ccc(N2CCOCC2)cc1)C1CC1.I. The van der Waals surface area contributed by atoms with Crippen molar-refractivity contribution in [3.8, 4) is 0 Å². The second kappa shape index (κ2) is 8.01. The molecule has 1 heterocycles. The topological polar surface area (TPSA) is 54.1 Å². The van der Waals surface area contributed by atoms with E-state index >= 15 is 0 Å². The first-order valence-electron chi connectivity index (χ1n) is 7.68. The van der Waals surface area contributed by atoms with Gasteiger partial charge in [-0.15, -0.1) is 24.0 Å². The summed E-state index contributed by atoms with van der Waals surface area (Å²) < 4.78 is 5.38. The van der Waals surface area contributed by atoms with Crippen LogP contribution in [-0.4, -0.2) is 50.3 Å². The zero-order chi connectivity index (χ0) is 14.7. The van der Waals surface area contributed by atoms with Gasteiger partial charge in [0.2, 0.25) is 0 Å². The summed E-state index contributed by atoms with van der Waals surface area (Å²) >= 11 is 0. The quantitative estimate of drug-likeness (QED) is 0.464. The highest BCUT2D eigenvalue weighted by Gasteiger charge is 2.27. The van der Waals surface area contributed by atoms with Crippen LogP contribution in [-0.2, 0) is 11.3 Å². The fraction of sp³-hybridized carbons (Fsp3) is 0.562. The highest BCUT2D eigenvalue weighted by atomic mass is 127. The van der Waals surface area contributed by atoms with Crippen molar-refractivity contribution in [2.75, 3.05) is 38.3 Å². The molecule has 3 rings (SSSR count). The average molecular weight is 416 g/mol. The van der Waals surface area contributed by atoms with E-state index in [4.69, 9.17) is 10.5 Å². The Balaban J connectivity index is 0.00000176. The summed E-state index contributed by atoms with van der Waals surface area (Å²) in [5.74, 6) is 0.648. The minimum absolute atomic E-state index is 0. The number of hydrogen-bond acceptors (Lipinski definition) is 3. The van der Waals surface area contributed by atoms with Crippen LogP contribution >= 0.6 is 24.0 Å². The van der Waals surface area contributed by atoms with E-state index in [1.165, 1.54) is 24.1 Å². The maximum absolute atomic E-state index is 6.01. The van der Waals surface area contributed by atoms with E-state index in [0.29, 0.717) is 18.5 Å². The molecule has 0 amide bonds. The molecule has 6 heteroatoms. The highest BCUT2D eigenvalue weighted by Crippen LogP contribution is 2.25. The van der Waals surface area contributed by atoms with Crippen molar-refractivity contribution in [1.82, 2.24) is 4.90 Å². The predicted molar refractivity (Wildman–Crippen MR) is 101 cm³/mol. The largest absolute Gasteiger partial charge is 0.378 e. The van der Waals surface area contributed by atoms with Gasteiger partial charge in [0.05, 0.1) is 19.8 Å². The van der Waals surface area contributed by atoms with E-state index in [-0.39, 0.29) is 24.0 Å². The lowest BCUT2D eigenvalue weighted by Gasteiger charge is -2.28. The van der Waals surface area contributed by atoms with Gasteiger partial charge in [0.15, 0.2) is 5.96 Å². The number of hydrogen-bond donors (Lipinski definition) is 1. The third-order valence-corrected chi connectivity index (χ3v) is 4.19. The molecule has 0 unspecified atom stereocenters. The number of nitrogens with two attached hydrogens (primary N) is 1. The predicted octanol–water partition coefficient (Wildman–Crippen LogP) is 2.05. The zero-order valence-corrected chi connectivity index (χ0v) is 15.4. The molecule has 0 bridgehead atoms. The molecule has 122 valence electrons. The molecular weight excluding hydrogens is 391 g/mol. The first-order chi connectivity index (χ1) is 10.2. The fourth-order valence-electron chi connectivity index (χ4n) is 2.57. The van der Waals surface area contributed by atoms with Gasteiger partial charge >= 0.3 is 0 Å². The molecule has 1 aromatic carbocycles. The van der Waals surface area contributed by atoms with Gasteiger partial charge in [-0.2, -0.15) is 0 Å². The first kappa shape index (κ1) is 17.3. The van der Waals surface area contributed by atoms with E-state index < -0.39 is 0 Å². The van der Waals surface area contributed by atoms with Crippen LogP contribution in [0.5, 0.6) is 0 Å². The van der Waals surface area contributed by atoms with Crippen molar-refractivity contribution >= 4 is 35.6 Å².